The van der Waals surface area contributed by atoms with Crippen LogP contribution in [-0.4, -0.2) is 60.3 Å². The van der Waals surface area contributed by atoms with Crippen molar-refractivity contribution >= 4 is 17.4 Å². The number of hydrogen-bond acceptors (Lipinski definition) is 3. The lowest BCUT2D eigenvalue weighted by Crippen LogP contribution is -2.49. The van der Waals surface area contributed by atoms with E-state index in [1.807, 2.05) is 0 Å². The Morgan fingerprint density at radius 1 is 1.15 bits per heavy atom. The first-order valence-electron chi connectivity index (χ1n) is 9.64. The number of piperazine rings is 1. The van der Waals surface area contributed by atoms with Crippen LogP contribution in [0, 0.1) is 0 Å². The van der Waals surface area contributed by atoms with Crippen molar-refractivity contribution in [2.24, 2.45) is 4.99 Å². The van der Waals surface area contributed by atoms with Gasteiger partial charge in [0, 0.05) is 51.1 Å². The Bertz CT molecular complexity index is 686. The van der Waals surface area contributed by atoms with Crippen LogP contribution in [0.4, 0.5) is 8.78 Å². The molecule has 1 aromatic rings. The third kappa shape index (κ3) is 5.29. The van der Waals surface area contributed by atoms with E-state index in [2.05, 4.69) is 22.8 Å². The molecule has 0 N–H and O–H groups in total. The summed E-state index contributed by atoms with van der Waals surface area (Å²) in [4.78, 5) is 9.68. The van der Waals surface area contributed by atoms with Crippen LogP contribution in [0.25, 0.3) is 0 Å². The van der Waals surface area contributed by atoms with Crippen molar-refractivity contribution in [2.75, 3.05) is 38.6 Å². The van der Waals surface area contributed by atoms with Crippen LogP contribution in [0.2, 0.25) is 0 Å². The van der Waals surface area contributed by atoms with Crippen molar-refractivity contribution in [1.29, 1.82) is 0 Å². The molecule has 1 saturated heterocycles. The number of benzene rings is 1. The second-order valence-electron chi connectivity index (χ2n) is 7.51. The smallest absolute Gasteiger partial charge is 0.270 e. The summed E-state index contributed by atoms with van der Waals surface area (Å²) in [7, 11) is 0. The van der Waals surface area contributed by atoms with Crippen molar-refractivity contribution < 1.29 is 8.78 Å². The largest absolute Gasteiger partial charge is 0.354 e. The number of alkyl halides is 3. The zero-order valence-electron chi connectivity index (χ0n) is 16.1. The Balaban J connectivity index is 1.53. The van der Waals surface area contributed by atoms with E-state index in [-0.39, 0.29) is 11.6 Å². The van der Waals surface area contributed by atoms with E-state index in [1.165, 1.54) is 17.7 Å². The molecule has 0 bridgehead atoms. The molecule has 148 valence electrons. The van der Waals surface area contributed by atoms with Gasteiger partial charge in [0.1, 0.15) is 5.84 Å². The molecule has 0 saturated carbocycles. The maximum atomic E-state index is 13.3. The minimum Gasteiger partial charge on any atom is -0.354 e. The molecule has 1 atom stereocenters. The average molecular weight is 396 g/mol. The summed E-state index contributed by atoms with van der Waals surface area (Å²) in [6.45, 7) is 8.03. The summed E-state index contributed by atoms with van der Waals surface area (Å²) in [6.07, 6.45) is 3.97. The van der Waals surface area contributed by atoms with Gasteiger partial charge in [-0.2, -0.15) is 0 Å². The van der Waals surface area contributed by atoms with Crippen molar-refractivity contribution in [3.63, 3.8) is 0 Å². The highest BCUT2D eigenvalue weighted by molar-refractivity contribution is 6.18. The van der Waals surface area contributed by atoms with Gasteiger partial charge in [0.25, 0.3) is 5.92 Å². The van der Waals surface area contributed by atoms with E-state index in [9.17, 15) is 8.78 Å². The van der Waals surface area contributed by atoms with Gasteiger partial charge >= 0.3 is 0 Å². The average Bonchev–Trinajstić information content (AvgIpc) is 3.01. The lowest BCUT2D eigenvalue weighted by Gasteiger charge is -2.36. The molecule has 1 aromatic carbocycles. The maximum Gasteiger partial charge on any atom is 0.270 e. The molecule has 0 spiro atoms. The molecule has 2 heterocycles. The van der Waals surface area contributed by atoms with Gasteiger partial charge in [-0.15, -0.1) is 11.6 Å². The topological polar surface area (TPSA) is 18.8 Å². The number of aryl methyl sites for hydroxylation is 1. The predicted molar refractivity (Wildman–Crippen MR) is 108 cm³/mol. The molecule has 1 fully saturated rings. The van der Waals surface area contributed by atoms with Crippen molar-refractivity contribution in [3.8, 4) is 0 Å². The Morgan fingerprint density at radius 2 is 1.81 bits per heavy atom. The van der Waals surface area contributed by atoms with E-state index in [0.717, 1.165) is 63.9 Å². The first kappa shape index (κ1) is 20.3. The summed E-state index contributed by atoms with van der Waals surface area (Å²) in [5, 5.41) is 0. The molecule has 0 amide bonds. The van der Waals surface area contributed by atoms with Gasteiger partial charge in [-0.3, -0.25) is 9.89 Å². The highest BCUT2D eigenvalue weighted by atomic mass is 35.5. The second-order valence-corrected chi connectivity index (χ2v) is 7.89. The van der Waals surface area contributed by atoms with Gasteiger partial charge < -0.3 is 4.90 Å². The fraction of sp³-hybridized carbons (Fsp3) is 0.571. The standard InChI is InChI=1S/C21H28ClF2N3/c1-16-15-19(8-5-17-3-6-18(7-4-17)21(2,23)24)25-20(16)27-13-11-26(10-9-22)12-14-27/h3-4,6-7,15,19H,5,8-14H2,1-2H3. The minimum atomic E-state index is -2.78. The van der Waals surface area contributed by atoms with E-state index in [4.69, 9.17) is 16.6 Å². The number of amidine groups is 1. The third-order valence-electron chi connectivity index (χ3n) is 5.35. The number of hydrogen-bond donors (Lipinski definition) is 0. The minimum absolute atomic E-state index is 0.0662. The van der Waals surface area contributed by atoms with Crippen LogP contribution in [0.3, 0.4) is 0 Å². The monoisotopic (exact) mass is 395 g/mol. The quantitative estimate of drug-likeness (QED) is 0.668. The van der Waals surface area contributed by atoms with Gasteiger partial charge in [-0.05, 0) is 30.9 Å². The zero-order chi connectivity index (χ0) is 19.4. The summed E-state index contributed by atoms with van der Waals surface area (Å²) in [6, 6.07) is 6.84. The first-order chi connectivity index (χ1) is 12.9. The van der Waals surface area contributed by atoms with Gasteiger partial charge in [-0.25, -0.2) is 8.78 Å². The lowest BCUT2D eigenvalue weighted by atomic mass is 10.0. The summed E-state index contributed by atoms with van der Waals surface area (Å²) in [5.41, 5.74) is 2.38. The van der Waals surface area contributed by atoms with Crippen LogP contribution in [0.5, 0.6) is 0 Å². The van der Waals surface area contributed by atoms with Crippen LogP contribution in [0.15, 0.2) is 40.9 Å². The molecule has 0 aliphatic carbocycles. The number of nitrogens with zero attached hydrogens (tertiary/aromatic N) is 3. The van der Waals surface area contributed by atoms with Gasteiger partial charge in [0.05, 0.1) is 6.04 Å². The van der Waals surface area contributed by atoms with Gasteiger partial charge in [0.15, 0.2) is 0 Å². The van der Waals surface area contributed by atoms with E-state index in [1.54, 1.807) is 12.1 Å². The number of rotatable bonds is 6. The highest BCUT2D eigenvalue weighted by Gasteiger charge is 2.25. The van der Waals surface area contributed by atoms with Crippen molar-refractivity contribution in [3.05, 3.63) is 47.0 Å². The van der Waals surface area contributed by atoms with E-state index >= 15 is 0 Å². The predicted octanol–water partition coefficient (Wildman–Crippen LogP) is 4.31. The van der Waals surface area contributed by atoms with Crippen LogP contribution >= 0.6 is 11.6 Å². The molecule has 3 nitrogen and oxygen atoms in total. The lowest BCUT2D eigenvalue weighted by molar-refractivity contribution is 0.0174. The summed E-state index contributed by atoms with van der Waals surface area (Å²) < 4.78 is 26.6. The Kier molecular flexibility index (Phi) is 6.53. The third-order valence-corrected chi connectivity index (χ3v) is 5.51. The van der Waals surface area contributed by atoms with E-state index in [0.29, 0.717) is 5.88 Å². The Labute approximate surface area is 165 Å². The maximum absolute atomic E-state index is 13.3. The molecular formula is C21H28ClF2N3. The molecule has 3 rings (SSSR count). The molecule has 2 aliphatic heterocycles. The number of aliphatic imine (C=N–C) groups is 1. The summed E-state index contributed by atoms with van der Waals surface area (Å²) >= 11 is 5.83. The van der Waals surface area contributed by atoms with Gasteiger partial charge in [-0.1, -0.05) is 30.3 Å². The Hall–Kier alpha value is -1.46. The second kappa shape index (κ2) is 8.70. The van der Waals surface area contributed by atoms with Crippen LogP contribution < -0.4 is 0 Å². The molecule has 0 aromatic heterocycles. The fourth-order valence-corrected chi connectivity index (χ4v) is 3.96. The van der Waals surface area contributed by atoms with Crippen LogP contribution in [-0.2, 0) is 12.3 Å². The Morgan fingerprint density at radius 3 is 2.41 bits per heavy atom. The SMILES string of the molecule is CC1=CC(CCc2ccc(C(C)(F)F)cc2)N=C1N1CCN(CCCl)CC1. The zero-order valence-corrected chi connectivity index (χ0v) is 16.9. The number of halogens is 3. The summed E-state index contributed by atoms with van der Waals surface area (Å²) in [5.74, 6) is -0.984. The van der Waals surface area contributed by atoms with Crippen molar-refractivity contribution in [1.82, 2.24) is 9.80 Å². The fourth-order valence-electron chi connectivity index (χ4n) is 3.72. The first-order valence-corrected chi connectivity index (χ1v) is 10.2. The molecule has 1 unspecified atom stereocenters. The van der Waals surface area contributed by atoms with Crippen LogP contribution in [0.1, 0.15) is 31.4 Å². The normalized spacial score (nSPS) is 21.4. The van der Waals surface area contributed by atoms with E-state index < -0.39 is 5.92 Å². The molecule has 6 heteroatoms. The molecule has 0 radical (unpaired) electrons. The van der Waals surface area contributed by atoms with Gasteiger partial charge in [0.2, 0.25) is 0 Å². The van der Waals surface area contributed by atoms with Crippen molar-refractivity contribution in [2.45, 2.75) is 38.7 Å². The molecule has 2 aliphatic rings. The highest BCUT2D eigenvalue weighted by Crippen LogP contribution is 2.27. The molecular weight excluding hydrogens is 368 g/mol. The molecule has 27 heavy (non-hydrogen) atoms.